The molecule has 0 aromatic carbocycles. The number of hydrazine groups is 1. The molecule has 0 aliphatic carbocycles. The molecular weight excluding hydrogens is 348 g/mol. The summed E-state index contributed by atoms with van der Waals surface area (Å²) in [5.74, 6) is 5.49. The minimum atomic E-state index is -3.67. The van der Waals surface area contributed by atoms with Crippen molar-refractivity contribution in [3.05, 3.63) is 16.7 Å². The molecule has 20 heavy (non-hydrogen) atoms. The van der Waals surface area contributed by atoms with Gasteiger partial charge in [0.15, 0.2) is 5.82 Å². The van der Waals surface area contributed by atoms with E-state index in [1.54, 1.807) is 0 Å². The lowest BCUT2D eigenvalue weighted by atomic mass is 10.2. The number of rotatable bonds is 4. The maximum atomic E-state index is 12.8. The lowest BCUT2D eigenvalue weighted by Gasteiger charge is -2.34. The molecule has 9 heteroatoms. The van der Waals surface area contributed by atoms with E-state index in [9.17, 15) is 8.42 Å². The molecule has 7 nitrogen and oxygen atoms in total. The largest absolute Gasteiger partial charge is 0.378 e. The predicted molar refractivity (Wildman–Crippen MR) is 78.5 cm³/mol. The number of sulfonamides is 1. The molecule has 0 bridgehead atoms. The van der Waals surface area contributed by atoms with Crippen molar-refractivity contribution < 1.29 is 13.2 Å². The first-order chi connectivity index (χ1) is 9.50. The fourth-order valence-electron chi connectivity index (χ4n) is 2.13. The summed E-state index contributed by atoms with van der Waals surface area (Å²) in [6.45, 7) is 3.06. The molecule has 1 aliphatic heterocycles. The van der Waals surface area contributed by atoms with Gasteiger partial charge in [-0.2, -0.15) is 4.31 Å². The van der Waals surface area contributed by atoms with Crippen molar-refractivity contribution in [3.63, 3.8) is 0 Å². The van der Waals surface area contributed by atoms with Crippen LogP contribution in [0.3, 0.4) is 0 Å². The topological polar surface area (TPSA) is 97.5 Å². The van der Waals surface area contributed by atoms with Crippen LogP contribution in [-0.4, -0.2) is 43.5 Å². The maximum absolute atomic E-state index is 12.8. The lowest BCUT2D eigenvalue weighted by Crippen LogP contribution is -2.48. The molecule has 1 atom stereocenters. The van der Waals surface area contributed by atoms with Gasteiger partial charge in [0.2, 0.25) is 10.0 Å². The van der Waals surface area contributed by atoms with Crippen molar-refractivity contribution in [2.24, 2.45) is 5.84 Å². The fraction of sp³-hybridized carbons (Fsp3) is 0.545. The Morgan fingerprint density at radius 1 is 1.65 bits per heavy atom. The Morgan fingerprint density at radius 2 is 2.40 bits per heavy atom. The summed E-state index contributed by atoms with van der Waals surface area (Å²) >= 11 is 3.24. The van der Waals surface area contributed by atoms with Crippen LogP contribution in [0.2, 0.25) is 0 Å². The summed E-state index contributed by atoms with van der Waals surface area (Å²) in [5, 5.41) is 0. The highest BCUT2D eigenvalue weighted by Gasteiger charge is 2.35. The molecule has 1 aromatic rings. The van der Waals surface area contributed by atoms with Gasteiger partial charge in [-0.25, -0.2) is 19.2 Å². The average Bonchev–Trinajstić information content (AvgIpc) is 2.47. The number of pyridine rings is 1. The summed E-state index contributed by atoms with van der Waals surface area (Å²) in [4.78, 5) is 4.05. The Hall–Kier alpha value is -0.740. The third kappa shape index (κ3) is 2.96. The molecule has 1 fully saturated rings. The summed E-state index contributed by atoms with van der Waals surface area (Å²) in [6.07, 6.45) is 2.18. The molecule has 3 N–H and O–H groups in total. The molecule has 2 heterocycles. The number of morpholine rings is 1. The average molecular weight is 365 g/mol. The number of hydrogen-bond acceptors (Lipinski definition) is 6. The van der Waals surface area contributed by atoms with Crippen LogP contribution in [0, 0.1) is 0 Å². The quantitative estimate of drug-likeness (QED) is 0.609. The summed E-state index contributed by atoms with van der Waals surface area (Å²) in [6, 6.07) is 1.33. The van der Waals surface area contributed by atoms with Crippen molar-refractivity contribution in [1.82, 2.24) is 9.29 Å². The van der Waals surface area contributed by atoms with Gasteiger partial charge in [-0.1, -0.05) is 6.92 Å². The molecule has 0 amide bonds. The Balaban J connectivity index is 2.46. The number of nitrogens with zero attached hydrogens (tertiary/aromatic N) is 2. The van der Waals surface area contributed by atoms with E-state index in [-0.39, 0.29) is 16.8 Å². The van der Waals surface area contributed by atoms with E-state index in [4.69, 9.17) is 10.6 Å². The van der Waals surface area contributed by atoms with E-state index in [1.807, 2.05) is 6.92 Å². The molecule has 0 saturated carbocycles. The van der Waals surface area contributed by atoms with Crippen LogP contribution < -0.4 is 11.3 Å². The second-order valence-corrected chi connectivity index (χ2v) is 7.17. The second kappa shape index (κ2) is 6.35. The molecule has 2 rings (SSSR count). The zero-order chi connectivity index (χ0) is 14.8. The van der Waals surface area contributed by atoms with Crippen molar-refractivity contribution in [2.45, 2.75) is 24.3 Å². The maximum Gasteiger partial charge on any atom is 0.247 e. The molecule has 0 spiro atoms. The minimum absolute atomic E-state index is 0.0646. The lowest BCUT2D eigenvalue weighted by molar-refractivity contribution is 0.0314. The zero-order valence-electron chi connectivity index (χ0n) is 11.0. The van der Waals surface area contributed by atoms with Crippen molar-refractivity contribution in [2.75, 3.05) is 25.2 Å². The SMILES string of the molecule is CCC1COCCN1S(=O)(=O)c1cc(Br)cnc1NN. The first-order valence-electron chi connectivity index (χ1n) is 6.22. The number of aromatic nitrogens is 1. The normalized spacial score (nSPS) is 20.9. The van der Waals surface area contributed by atoms with Gasteiger partial charge in [0.1, 0.15) is 4.90 Å². The molecule has 112 valence electrons. The zero-order valence-corrected chi connectivity index (χ0v) is 13.4. The van der Waals surface area contributed by atoms with Gasteiger partial charge >= 0.3 is 0 Å². The molecular formula is C11H17BrN4O3S. The Kier molecular flexibility index (Phi) is 4.97. The third-order valence-corrected chi connectivity index (χ3v) is 5.59. The summed E-state index contributed by atoms with van der Waals surface area (Å²) < 4.78 is 33.0. The Morgan fingerprint density at radius 3 is 3.05 bits per heavy atom. The Labute approximate surface area is 126 Å². The van der Waals surface area contributed by atoms with Crippen LogP contribution in [0.5, 0.6) is 0 Å². The number of nitrogens with two attached hydrogens (primary N) is 1. The first kappa shape index (κ1) is 15.6. The monoisotopic (exact) mass is 364 g/mol. The molecule has 0 radical (unpaired) electrons. The van der Waals surface area contributed by atoms with Crippen LogP contribution in [-0.2, 0) is 14.8 Å². The number of halogens is 1. The van der Waals surface area contributed by atoms with E-state index in [2.05, 4.69) is 26.3 Å². The number of ether oxygens (including phenoxy) is 1. The van der Waals surface area contributed by atoms with E-state index < -0.39 is 10.0 Å². The van der Waals surface area contributed by atoms with E-state index in [0.717, 1.165) is 0 Å². The van der Waals surface area contributed by atoms with Crippen LogP contribution in [0.4, 0.5) is 5.82 Å². The van der Waals surface area contributed by atoms with E-state index >= 15 is 0 Å². The van der Waals surface area contributed by atoms with Gasteiger partial charge in [0.05, 0.1) is 13.2 Å². The Bertz CT molecular complexity index is 581. The highest BCUT2D eigenvalue weighted by atomic mass is 79.9. The fourth-order valence-corrected chi connectivity index (χ4v) is 4.41. The van der Waals surface area contributed by atoms with Gasteiger partial charge in [-0.15, -0.1) is 0 Å². The minimum Gasteiger partial charge on any atom is -0.378 e. The summed E-state index contributed by atoms with van der Waals surface area (Å²) in [7, 11) is -3.67. The van der Waals surface area contributed by atoms with Gasteiger partial charge in [0, 0.05) is 23.3 Å². The van der Waals surface area contributed by atoms with Gasteiger partial charge in [-0.3, -0.25) is 0 Å². The standard InChI is InChI=1S/C11H17BrN4O3S/c1-2-9-7-19-4-3-16(9)20(17,18)10-5-8(12)6-14-11(10)15-13/h5-6,9H,2-4,7,13H2,1H3,(H,14,15). The van der Waals surface area contributed by atoms with Crippen molar-refractivity contribution >= 4 is 31.8 Å². The second-order valence-electron chi connectivity index (χ2n) is 4.40. The van der Waals surface area contributed by atoms with E-state index in [1.165, 1.54) is 16.6 Å². The predicted octanol–water partition coefficient (Wildman–Crippen LogP) is 0.929. The van der Waals surface area contributed by atoms with Crippen LogP contribution in [0.15, 0.2) is 21.6 Å². The molecule has 1 aromatic heterocycles. The first-order valence-corrected chi connectivity index (χ1v) is 8.45. The molecule has 1 unspecified atom stereocenters. The molecule has 1 aliphatic rings. The number of anilines is 1. The smallest absolute Gasteiger partial charge is 0.247 e. The number of hydrogen-bond donors (Lipinski definition) is 2. The summed E-state index contributed by atoms with van der Waals surface area (Å²) in [5.41, 5.74) is 2.33. The van der Waals surface area contributed by atoms with Crippen molar-refractivity contribution in [3.8, 4) is 0 Å². The highest BCUT2D eigenvalue weighted by Crippen LogP contribution is 2.28. The van der Waals surface area contributed by atoms with Gasteiger partial charge in [-0.05, 0) is 28.4 Å². The van der Waals surface area contributed by atoms with Crippen LogP contribution in [0.25, 0.3) is 0 Å². The van der Waals surface area contributed by atoms with Gasteiger partial charge < -0.3 is 10.2 Å². The van der Waals surface area contributed by atoms with Crippen LogP contribution >= 0.6 is 15.9 Å². The van der Waals surface area contributed by atoms with E-state index in [0.29, 0.717) is 30.7 Å². The highest BCUT2D eigenvalue weighted by molar-refractivity contribution is 9.10. The van der Waals surface area contributed by atoms with Crippen LogP contribution in [0.1, 0.15) is 13.3 Å². The third-order valence-electron chi connectivity index (χ3n) is 3.19. The molecule has 1 saturated heterocycles. The number of nitrogen functional groups attached to an aromatic ring is 1. The number of nitrogens with one attached hydrogen (secondary N) is 1. The van der Waals surface area contributed by atoms with Crippen molar-refractivity contribution in [1.29, 1.82) is 0 Å². The van der Waals surface area contributed by atoms with Gasteiger partial charge in [0.25, 0.3) is 0 Å².